The van der Waals surface area contributed by atoms with E-state index < -0.39 is 11.6 Å². The Labute approximate surface area is 110 Å². The number of carbonyl (C=O) groups excluding carboxylic acids is 1. The molecule has 2 N–H and O–H groups in total. The summed E-state index contributed by atoms with van der Waals surface area (Å²) in [5.41, 5.74) is 0.185. The Morgan fingerprint density at radius 2 is 2.21 bits per heavy atom. The van der Waals surface area contributed by atoms with Gasteiger partial charge in [-0.25, -0.2) is 8.78 Å². The van der Waals surface area contributed by atoms with Crippen molar-refractivity contribution in [2.45, 2.75) is 37.9 Å². The van der Waals surface area contributed by atoms with Crippen molar-refractivity contribution < 1.29 is 13.6 Å². The fourth-order valence-corrected chi connectivity index (χ4v) is 3.11. The van der Waals surface area contributed by atoms with E-state index in [1.54, 1.807) is 0 Å². The molecule has 2 bridgehead atoms. The SMILES string of the molecule is O=C(NCc1cc(F)ccc1F)C1CC2CCC1N2. The molecule has 2 fully saturated rings. The molecule has 3 unspecified atom stereocenters. The summed E-state index contributed by atoms with van der Waals surface area (Å²) in [7, 11) is 0. The molecular formula is C14H16F2N2O. The molecule has 2 heterocycles. The Kier molecular flexibility index (Phi) is 3.22. The number of carbonyl (C=O) groups is 1. The van der Waals surface area contributed by atoms with Gasteiger partial charge in [-0.1, -0.05) is 0 Å². The number of rotatable bonds is 3. The number of hydrogen-bond acceptors (Lipinski definition) is 2. The highest BCUT2D eigenvalue weighted by molar-refractivity contribution is 5.80. The zero-order chi connectivity index (χ0) is 13.4. The third kappa shape index (κ3) is 2.47. The number of nitrogens with one attached hydrogen (secondary N) is 2. The average molecular weight is 266 g/mol. The second-order valence-corrected chi connectivity index (χ2v) is 5.34. The van der Waals surface area contributed by atoms with Crippen molar-refractivity contribution >= 4 is 5.91 Å². The largest absolute Gasteiger partial charge is 0.352 e. The molecule has 3 rings (SSSR count). The Morgan fingerprint density at radius 1 is 1.37 bits per heavy atom. The van der Waals surface area contributed by atoms with E-state index in [0.29, 0.717) is 6.04 Å². The third-order valence-corrected chi connectivity index (χ3v) is 4.10. The molecule has 1 amide bonds. The number of amides is 1. The predicted molar refractivity (Wildman–Crippen MR) is 66.3 cm³/mol. The van der Waals surface area contributed by atoms with E-state index in [-0.39, 0.29) is 30.0 Å². The lowest BCUT2D eigenvalue weighted by atomic mass is 9.88. The molecule has 0 spiro atoms. The first kappa shape index (κ1) is 12.5. The molecule has 0 aromatic heterocycles. The van der Waals surface area contributed by atoms with Crippen LogP contribution in [0.4, 0.5) is 8.78 Å². The number of hydrogen-bond donors (Lipinski definition) is 2. The highest BCUT2D eigenvalue weighted by Gasteiger charge is 2.42. The van der Waals surface area contributed by atoms with Crippen LogP contribution in [0.1, 0.15) is 24.8 Å². The fraction of sp³-hybridized carbons (Fsp3) is 0.500. The van der Waals surface area contributed by atoms with Crippen molar-refractivity contribution in [2.75, 3.05) is 0 Å². The molecule has 5 heteroatoms. The molecular weight excluding hydrogens is 250 g/mol. The molecule has 1 aromatic rings. The van der Waals surface area contributed by atoms with E-state index in [4.69, 9.17) is 0 Å². The van der Waals surface area contributed by atoms with Crippen molar-refractivity contribution in [1.82, 2.24) is 10.6 Å². The van der Waals surface area contributed by atoms with Crippen LogP contribution in [-0.4, -0.2) is 18.0 Å². The Balaban J connectivity index is 1.60. The van der Waals surface area contributed by atoms with E-state index >= 15 is 0 Å². The van der Waals surface area contributed by atoms with E-state index in [1.165, 1.54) is 0 Å². The molecule has 1 aromatic carbocycles. The van der Waals surface area contributed by atoms with Crippen LogP contribution in [0, 0.1) is 17.6 Å². The average Bonchev–Trinajstić information content (AvgIpc) is 3.02. The van der Waals surface area contributed by atoms with Gasteiger partial charge in [-0.3, -0.25) is 4.79 Å². The monoisotopic (exact) mass is 266 g/mol. The molecule has 2 saturated heterocycles. The quantitative estimate of drug-likeness (QED) is 0.874. The highest BCUT2D eigenvalue weighted by atomic mass is 19.1. The van der Waals surface area contributed by atoms with Crippen LogP contribution >= 0.6 is 0 Å². The van der Waals surface area contributed by atoms with Crippen LogP contribution in [0.5, 0.6) is 0 Å². The molecule has 3 nitrogen and oxygen atoms in total. The number of halogens is 2. The van der Waals surface area contributed by atoms with Crippen molar-refractivity contribution in [2.24, 2.45) is 5.92 Å². The summed E-state index contributed by atoms with van der Waals surface area (Å²) in [6.07, 6.45) is 3.01. The minimum atomic E-state index is -0.493. The first-order chi connectivity index (χ1) is 9.13. The van der Waals surface area contributed by atoms with Gasteiger partial charge in [-0.15, -0.1) is 0 Å². The summed E-state index contributed by atoms with van der Waals surface area (Å²) in [5, 5.41) is 6.09. The summed E-state index contributed by atoms with van der Waals surface area (Å²) in [5.74, 6) is -1.08. The summed E-state index contributed by atoms with van der Waals surface area (Å²) >= 11 is 0. The number of fused-ring (bicyclic) bond motifs is 2. The van der Waals surface area contributed by atoms with Crippen molar-refractivity contribution in [3.05, 3.63) is 35.4 Å². The Hall–Kier alpha value is -1.49. The predicted octanol–water partition coefficient (Wildman–Crippen LogP) is 1.72. The second-order valence-electron chi connectivity index (χ2n) is 5.34. The molecule has 0 radical (unpaired) electrons. The van der Waals surface area contributed by atoms with Crippen molar-refractivity contribution in [3.8, 4) is 0 Å². The molecule has 2 aliphatic heterocycles. The van der Waals surface area contributed by atoms with Crippen LogP contribution in [0.25, 0.3) is 0 Å². The first-order valence-electron chi connectivity index (χ1n) is 6.61. The zero-order valence-corrected chi connectivity index (χ0v) is 10.5. The van der Waals surface area contributed by atoms with Gasteiger partial charge >= 0.3 is 0 Å². The van der Waals surface area contributed by atoms with Gasteiger partial charge in [0.05, 0.1) is 5.92 Å². The van der Waals surface area contributed by atoms with Crippen LogP contribution in [-0.2, 0) is 11.3 Å². The van der Waals surface area contributed by atoms with Gasteiger partial charge < -0.3 is 10.6 Å². The normalized spacial score (nSPS) is 28.6. The maximum absolute atomic E-state index is 13.4. The summed E-state index contributed by atoms with van der Waals surface area (Å²) in [6.45, 7) is 0.0380. The molecule has 102 valence electrons. The molecule has 3 atom stereocenters. The standard InChI is InChI=1S/C14H16F2N2O/c15-9-1-3-12(16)8(5-9)7-17-14(19)11-6-10-2-4-13(11)18-10/h1,3,5,10-11,13,18H,2,4,6-7H2,(H,17,19). The van der Waals surface area contributed by atoms with Crippen LogP contribution in [0.3, 0.4) is 0 Å². The summed E-state index contributed by atoms with van der Waals surface area (Å²) < 4.78 is 26.4. The Morgan fingerprint density at radius 3 is 2.89 bits per heavy atom. The smallest absolute Gasteiger partial charge is 0.225 e. The second kappa shape index (κ2) is 4.89. The lowest BCUT2D eigenvalue weighted by Crippen LogP contribution is -2.37. The van der Waals surface area contributed by atoms with Crippen LogP contribution in [0.15, 0.2) is 18.2 Å². The van der Waals surface area contributed by atoms with Crippen molar-refractivity contribution in [3.63, 3.8) is 0 Å². The number of benzene rings is 1. The topological polar surface area (TPSA) is 41.1 Å². The van der Waals surface area contributed by atoms with Gasteiger partial charge in [0.25, 0.3) is 0 Å². The first-order valence-corrected chi connectivity index (χ1v) is 6.61. The summed E-state index contributed by atoms with van der Waals surface area (Å²) in [4.78, 5) is 12.0. The van der Waals surface area contributed by atoms with Crippen LogP contribution < -0.4 is 10.6 Å². The third-order valence-electron chi connectivity index (χ3n) is 4.10. The summed E-state index contributed by atoms with van der Waals surface area (Å²) in [6, 6.07) is 3.97. The molecule has 19 heavy (non-hydrogen) atoms. The van der Waals surface area contributed by atoms with E-state index in [9.17, 15) is 13.6 Å². The maximum atomic E-state index is 13.4. The Bertz CT molecular complexity index is 506. The van der Waals surface area contributed by atoms with Gasteiger partial charge in [-0.2, -0.15) is 0 Å². The van der Waals surface area contributed by atoms with Gasteiger partial charge in [0.2, 0.25) is 5.91 Å². The highest BCUT2D eigenvalue weighted by Crippen LogP contribution is 2.33. The van der Waals surface area contributed by atoms with Crippen molar-refractivity contribution in [1.29, 1.82) is 0 Å². The van der Waals surface area contributed by atoms with E-state index in [2.05, 4.69) is 10.6 Å². The lowest BCUT2D eigenvalue weighted by Gasteiger charge is -2.19. The zero-order valence-electron chi connectivity index (χ0n) is 10.5. The van der Waals surface area contributed by atoms with E-state index in [0.717, 1.165) is 37.5 Å². The fourth-order valence-electron chi connectivity index (χ4n) is 3.11. The van der Waals surface area contributed by atoms with Crippen LogP contribution in [0.2, 0.25) is 0 Å². The van der Waals surface area contributed by atoms with Gasteiger partial charge in [0.1, 0.15) is 11.6 Å². The minimum Gasteiger partial charge on any atom is -0.352 e. The molecule has 0 saturated carbocycles. The minimum absolute atomic E-state index is 0.0321. The maximum Gasteiger partial charge on any atom is 0.225 e. The van der Waals surface area contributed by atoms with E-state index in [1.807, 2.05) is 0 Å². The lowest BCUT2D eigenvalue weighted by molar-refractivity contribution is -0.125. The van der Waals surface area contributed by atoms with Gasteiger partial charge in [-0.05, 0) is 37.5 Å². The molecule has 0 aliphatic carbocycles. The van der Waals surface area contributed by atoms with Gasteiger partial charge in [0, 0.05) is 24.2 Å². The van der Waals surface area contributed by atoms with Gasteiger partial charge in [0.15, 0.2) is 0 Å². The molecule has 2 aliphatic rings.